The van der Waals surface area contributed by atoms with Crippen molar-refractivity contribution < 1.29 is 19.4 Å². The number of methoxy groups -OCH3 is 1. The largest absolute Gasteiger partial charge is 0.469 e. The highest BCUT2D eigenvalue weighted by Crippen LogP contribution is 2.18. The topological polar surface area (TPSA) is 89.6 Å². The summed E-state index contributed by atoms with van der Waals surface area (Å²) in [5, 5.41) is 9.74. The summed E-state index contributed by atoms with van der Waals surface area (Å²) in [6.45, 7) is 0. The van der Waals surface area contributed by atoms with Gasteiger partial charge in [-0.1, -0.05) is 24.3 Å². The number of amides is 1. The van der Waals surface area contributed by atoms with Crippen LogP contribution in [0.25, 0.3) is 6.08 Å². The van der Waals surface area contributed by atoms with Gasteiger partial charge in [0.15, 0.2) is 0 Å². The number of carbonyl (C=O) groups is 2. The van der Waals surface area contributed by atoms with Gasteiger partial charge in [0.2, 0.25) is 5.91 Å². The Morgan fingerprint density at radius 3 is 2.50 bits per heavy atom. The number of primary amides is 1. The second kappa shape index (κ2) is 6.56. The molecule has 1 amide bonds. The summed E-state index contributed by atoms with van der Waals surface area (Å²) < 4.78 is 4.47. The van der Waals surface area contributed by atoms with E-state index in [0.717, 1.165) is 5.56 Å². The number of ether oxygens (including phenoxy) is 1. The second-order valence-corrected chi connectivity index (χ2v) is 3.70. The average molecular weight is 249 g/mol. The molecule has 0 radical (unpaired) electrons. The monoisotopic (exact) mass is 249 g/mol. The third kappa shape index (κ3) is 4.39. The first-order chi connectivity index (χ1) is 8.52. The summed E-state index contributed by atoms with van der Waals surface area (Å²) >= 11 is 0. The van der Waals surface area contributed by atoms with Gasteiger partial charge < -0.3 is 15.6 Å². The van der Waals surface area contributed by atoms with E-state index in [2.05, 4.69) is 4.74 Å². The Hall–Kier alpha value is -2.14. The first kappa shape index (κ1) is 13.9. The molecule has 0 fully saturated rings. The van der Waals surface area contributed by atoms with E-state index in [-0.39, 0.29) is 6.42 Å². The van der Waals surface area contributed by atoms with Crippen LogP contribution in [0.2, 0.25) is 0 Å². The van der Waals surface area contributed by atoms with Crippen LogP contribution in [-0.2, 0) is 14.3 Å². The van der Waals surface area contributed by atoms with Crippen molar-refractivity contribution in [1.82, 2.24) is 0 Å². The molecular weight excluding hydrogens is 234 g/mol. The van der Waals surface area contributed by atoms with Crippen LogP contribution in [0.1, 0.15) is 23.7 Å². The minimum atomic E-state index is -0.897. The van der Waals surface area contributed by atoms with E-state index in [9.17, 15) is 14.7 Å². The number of rotatable bonds is 5. The number of benzene rings is 1. The smallest absolute Gasteiger partial charge is 0.308 e. The molecule has 0 aliphatic heterocycles. The zero-order valence-electron chi connectivity index (χ0n) is 10.00. The lowest BCUT2D eigenvalue weighted by Gasteiger charge is -2.09. The van der Waals surface area contributed by atoms with Crippen LogP contribution in [0.5, 0.6) is 0 Å². The number of carbonyl (C=O) groups excluding carboxylic acids is 2. The molecule has 0 aliphatic carbocycles. The molecule has 5 heteroatoms. The molecule has 5 nitrogen and oxygen atoms in total. The van der Waals surface area contributed by atoms with Crippen molar-refractivity contribution in [2.75, 3.05) is 7.11 Å². The minimum absolute atomic E-state index is 0.0903. The van der Waals surface area contributed by atoms with Crippen molar-refractivity contribution >= 4 is 18.0 Å². The van der Waals surface area contributed by atoms with Crippen molar-refractivity contribution in [2.45, 2.75) is 12.5 Å². The van der Waals surface area contributed by atoms with Crippen LogP contribution in [-0.4, -0.2) is 24.1 Å². The lowest BCUT2D eigenvalue weighted by atomic mass is 10.0. The maximum absolute atomic E-state index is 11.0. The molecule has 0 saturated carbocycles. The van der Waals surface area contributed by atoms with E-state index in [1.165, 1.54) is 13.2 Å². The molecule has 0 saturated heterocycles. The lowest BCUT2D eigenvalue weighted by Crippen LogP contribution is -2.08. The van der Waals surface area contributed by atoms with Crippen LogP contribution in [0.4, 0.5) is 0 Å². The summed E-state index contributed by atoms with van der Waals surface area (Å²) in [6.07, 6.45) is 1.83. The summed E-state index contributed by atoms with van der Waals surface area (Å²) in [4.78, 5) is 21.5. The maximum atomic E-state index is 11.0. The van der Waals surface area contributed by atoms with Gasteiger partial charge in [0, 0.05) is 6.08 Å². The van der Waals surface area contributed by atoms with Crippen molar-refractivity contribution in [2.24, 2.45) is 5.73 Å². The highest BCUT2D eigenvalue weighted by molar-refractivity contribution is 5.90. The van der Waals surface area contributed by atoms with Gasteiger partial charge in [-0.05, 0) is 17.2 Å². The summed E-state index contributed by atoms with van der Waals surface area (Å²) in [5.41, 5.74) is 6.36. The fourth-order valence-corrected chi connectivity index (χ4v) is 1.37. The van der Waals surface area contributed by atoms with Crippen molar-refractivity contribution in [1.29, 1.82) is 0 Å². The summed E-state index contributed by atoms with van der Waals surface area (Å²) in [7, 11) is 1.27. The van der Waals surface area contributed by atoms with Gasteiger partial charge in [0.1, 0.15) is 0 Å². The molecule has 0 bridgehead atoms. The molecule has 0 heterocycles. The Morgan fingerprint density at radius 2 is 2.00 bits per heavy atom. The van der Waals surface area contributed by atoms with Crippen LogP contribution >= 0.6 is 0 Å². The standard InChI is InChI=1S/C13H15NO4/c1-18-13(17)8-11(15)10-5-2-9(3-6-10)4-7-12(14)16/h2-7,11,15H,8H2,1H3,(H2,14,16)/b7-4+. The maximum Gasteiger partial charge on any atom is 0.308 e. The van der Waals surface area contributed by atoms with E-state index in [4.69, 9.17) is 5.73 Å². The minimum Gasteiger partial charge on any atom is -0.469 e. The number of aliphatic hydroxyl groups is 1. The predicted molar refractivity (Wildman–Crippen MR) is 66.3 cm³/mol. The predicted octanol–water partition coefficient (Wildman–Crippen LogP) is 0.782. The van der Waals surface area contributed by atoms with Gasteiger partial charge in [0.25, 0.3) is 0 Å². The molecule has 3 N–H and O–H groups in total. The second-order valence-electron chi connectivity index (χ2n) is 3.70. The summed E-state index contributed by atoms with van der Waals surface area (Å²) in [6, 6.07) is 6.78. The van der Waals surface area contributed by atoms with Gasteiger partial charge in [0.05, 0.1) is 19.6 Å². The van der Waals surface area contributed by atoms with Crippen molar-refractivity contribution in [3.05, 3.63) is 41.5 Å². The normalized spacial score (nSPS) is 12.3. The fraction of sp³-hybridized carbons (Fsp3) is 0.231. The molecule has 0 aliphatic rings. The van der Waals surface area contributed by atoms with Crippen molar-refractivity contribution in [3.8, 4) is 0 Å². The van der Waals surface area contributed by atoms with Gasteiger partial charge in [-0.3, -0.25) is 9.59 Å². The van der Waals surface area contributed by atoms with Gasteiger partial charge in [-0.15, -0.1) is 0 Å². The molecule has 1 aromatic carbocycles. The van der Waals surface area contributed by atoms with Crippen LogP contribution in [0.15, 0.2) is 30.3 Å². The number of hydrogen-bond donors (Lipinski definition) is 2. The van der Waals surface area contributed by atoms with Crippen LogP contribution in [0.3, 0.4) is 0 Å². The highest BCUT2D eigenvalue weighted by Gasteiger charge is 2.12. The van der Waals surface area contributed by atoms with Crippen LogP contribution in [0, 0.1) is 0 Å². The molecule has 96 valence electrons. The van der Waals surface area contributed by atoms with E-state index in [1.54, 1.807) is 30.3 Å². The number of aliphatic hydroxyl groups excluding tert-OH is 1. The zero-order chi connectivity index (χ0) is 13.5. The lowest BCUT2D eigenvalue weighted by molar-refractivity contribution is -0.142. The van der Waals surface area contributed by atoms with Gasteiger partial charge >= 0.3 is 5.97 Å². The Kier molecular flexibility index (Phi) is 5.07. The van der Waals surface area contributed by atoms with Gasteiger partial charge in [-0.25, -0.2) is 0 Å². The first-order valence-electron chi connectivity index (χ1n) is 5.35. The quantitative estimate of drug-likeness (QED) is 0.596. The third-order valence-corrected chi connectivity index (χ3v) is 2.35. The first-order valence-corrected chi connectivity index (χ1v) is 5.35. The average Bonchev–Trinajstić information content (AvgIpc) is 2.36. The molecule has 0 spiro atoms. The molecule has 18 heavy (non-hydrogen) atoms. The summed E-state index contributed by atoms with van der Waals surface area (Å²) in [5.74, 6) is -0.995. The third-order valence-electron chi connectivity index (χ3n) is 2.35. The number of hydrogen-bond acceptors (Lipinski definition) is 4. The number of esters is 1. The number of nitrogens with two attached hydrogens (primary N) is 1. The van der Waals surface area contributed by atoms with E-state index < -0.39 is 18.0 Å². The van der Waals surface area contributed by atoms with Crippen molar-refractivity contribution in [3.63, 3.8) is 0 Å². The molecular formula is C13H15NO4. The molecule has 1 atom stereocenters. The van der Waals surface area contributed by atoms with E-state index in [0.29, 0.717) is 5.56 Å². The van der Waals surface area contributed by atoms with Crippen LogP contribution < -0.4 is 5.73 Å². The Bertz CT molecular complexity index is 451. The zero-order valence-corrected chi connectivity index (χ0v) is 10.00. The molecule has 1 aromatic rings. The van der Waals surface area contributed by atoms with E-state index >= 15 is 0 Å². The van der Waals surface area contributed by atoms with Gasteiger partial charge in [-0.2, -0.15) is 0 Å². The molecule has 1 rings (SSSR count). The fourth-order valence-electron chi connectivity index (χ4n) is 1.37. The highest BCUT2D eigenvalue weighted by atomic mass is 16.5. The SMILES string of the molecule is COC(=O)CC(O)c1ccc(/C=C/C(N)=O)cc1. The van der Waals surface area contributed by atoms with E-state index in [1.807, 2.05) is 0 Å². The Morgan fingerprint density at radius 1 is 1.39 bits per heavy atom. The Balaban J connectivity index is 2.70. The Labute approximate surface area is 105 Å². The molecule has 1 unspecified atom stereocenters. The molecule has 0 aromatic heterocycles.